The molecular formula is C12H15BrN2O3. The highest BCUT2D eigenvalue weighted by Crippen LogP contribution is 2.24. The minimum atomic E-state index is -1.00. The van der Waals surface area contributed by atoms with E-state index in [0.29, 0.717) is 16.7 Å². The summed E-state index contributed by atoms with van der Waals surface area (Å²) >= 11 is 3.20. The zero-order chi connectivity index (χ0) is 13.9. The third-order valence-electron chi connectivity index (χ3n) is 2.42. The molecule has 6 heteroatoms. The maximum Gasteiger partial charge on any atom is 0.336 e. The maximum atomic E-state index is 11.9. The molecule has 0 radical (unpaired) electrons. The van der Waals surface area contributed by atoms with Gasteiger partial charge < -0.3 is 10.0 Å². The first-order chi connectivity index (χ1) is 8.38. The van der Waals surface area contributed by atoms with Crippen LogP contribution in [0.1, 0.15) is 17.3 Å². The Labute approximate surface area is 114 Å². The SMILES string of the molecule is CCN(C(=O)N(C)C)c1ccc(C(=O)O)c(Br)c1. The van der Waals surface area contributed by atoms with E-state index in [-0.39, 0.29) is 11.6 Å². The van der Waals surface area contributed by atoms with Gasteiger partial charge in [-0.2, -0.15) is 0 Å². The lowest BCUT2D eigenvalue weighted by Gasteiger charge is -2.25. The van der Waals surface area contributed by atoms with Gasteiger partial charge >= 0.3 is 12.0 Å². The van der Waals surface area contributed by atoms with E-state index < -0.39 is 5.97 Å². The Kier molecular flexibility index (Phi) is 4.72. The molecule has 1 aromatic rings. The van der Waals surface area contributed by atoms with Gasteiger partial charge in [0, 0.05) is 30.8 Å². The molecule has 0 bridgehead atoms. The van der Waals surface area contributed by atoms with Gasteiger partial charge in [0.15, 0.2) is 0 Å². The van der Waals surface area contributed by atoms with E-state index in [0.717, 1.165) is 0 Å². The molecule has 0 saturated heterocycles. The fourth-order valence-corrected chi connectivity index (χ4v) is 2.05. The molecule has 0 heterocycles. The van der Waals surface area contributed by atoms with Gasteiger partial charge in [0.05, 0.1) is 5.56 Å². The summed E-state index contributed by atoms with van der Waals surface area (Å²) in [4.78, 5) is 25.9. The molecule has 1 aromatic carbocycles. The van der Waals surface area contributed by atoms with Crippen LogP contribution in [0.2, 0.25) is 0 Å². The fraction of sp³-hybridized carbons (Fsp3) is 0.333. The van der Waals surface area contributed by atoms with E-state index in [1.165, 1.54) is 11.0 Å². The van der Waals surface area contributed by atoms with Crippen LogP contribution >= 0.6 is 15.9 Å². The molecule has 1 rings (SSSR count). The van der Waals surface area contributed by atoms with Gasteiger partial charge in [0.2, 0.25) is 0 Å². The van der Waals surface area contributed by atoms with Crippen molar-refractivity contribution < 1.29 is 14.7 Å². The van der Waals surface area contributed by atoms with Gasteiger partial charge in [-0.1, -0.05) is 0 Å². The number of carbonyl (C=O) groups is 2. The number of anilines is 1. The average molecular weight is 315 g/mol. The summed E-state index contributed by atoms with van der Waals surface area (Å²) in [6, 6.07) is 4.59. The summed E-state index contributed by atoms with van der Waals surface area (Å²) in [6.07, 6.45) is 0. The smallest absolute Gasteiger partial charge is 0.336 e. The number of carboxylic acids is 1. The number of rotatable bonds is 3. The zero-order valence-corrected chi connectivity index (χ0v) is 12.1. The molecule has 0 unspecified atom stereocenters. The Morgan fingerprint density at radius 3 is 2.33 bits per heavy atom. The van der Waals surface area contributed by atoms with Crippen LogP contribution in [-0.2, 0) is 0 Å². The number of carboxylic acid groups (broad SMARTS) is 1. The van der Waals surface area contributed by atoms with E-state index in [1.54, 1.807) is 31.1 Å². The van der Waals surface area contributed by atoms with Crippen LogP contribution in [0.15, 0.2) is 22.7 Å². The molecule has 5 nitrogen and oxygen atoms in total. The predicted octanol–water partition coefficient (Wildman–Crippen LogP) is 2.66. The molecule has 0 saturated carbocycles. The highest BCUT2D eigenvalue weighted by atomic mass is 79.9. The average Bonchev–Trinajstić information content (AvgIpc) is 2.29. The van der Waals surface area contributed by atoms with E-state index >= 15 is 0 Å². The number of hydrogen-bond acceptors (Lipinski definition) is 2. The number of aromatic carboxylic acids is 1. The van der Waals surface area contributed by atoms with Crippen LogP contribution in [0, 0.1) is 0 Å². The van der Waals surface area contributed by atoms with Crippen LogP contribution in [0.25, 0.3) is 0 Å². The monoisotopic (exact) mass is 314 g/mol. The molecule has 1 N–H and O–H groups in total. The normalized spacial score (nSPS) is 10.0. The largest absolute Gasteiger partial charge is 0.478 e. The van der Waals surface area contributed by atoms with Crippen molar-refractivity contribution >= 4 is 33.6 Å². The molecule has 0 aromatic heterocycles. The fourth-order valence-electron chi connectivity index (χ4n) is 1.52. The minimum absolute atomic E-state index is 0.146. The number of urea groups is 1. The molecule has 98 valence electrons. The van der Waals surface area contributed by atoms with Gasteiger partial charge in [0.1, 0.15) is 0 Å². The first-order valence-corrected chi connectivity index (χ1v) is 6.19. The maximum absolute atomic E-state index is 11.9. The van der Waals surface area contributed by atoms with Crippen LogP contribution in [0.5, 0.6) is 0 Å². The van der Waals surface area contributed by atoms with Gasteiger partial charge in [0.25, 0.3) is 0 Å². The molecular weight excluding hydrogens is 300 g/mol. The minimum Gasteiger partial charge on any atom is -0.478 e. The van der Waals surface area contributed by atoms with E-state index in [9.17, 15) is 9.59 Å². The summed E-state index contributed by atoms with van der Waals surface area (Å²) in [5, 5.41) is 8.93. The van der Waals surface area contributed by atoms with Crippen molar-refractivity contribution in [2.75, 3.05) is 25.5 Å². The third-order valence-corrected chi connectivity index (χ3v) is 3.08. The second-order valence-electron chi connectivity index (χ2n) is 3.89. The predicted molar refractivity (Wildman–Crippen MR) is 73.2 cm³/mol. The van der Waals surface area contributed by atoms with Crippen molar-refractivity contribution in [3.8, 4) is 0 Å². The number of halogens is 1. The lowest BCUT2D eigenvalue weighted by atomic mass is 10.2. The topological polar surface area (TPSA) is 60.9 Å². The summed E-state index contributed by atoms with van der Waals surface area (Å²) in [5.74, 6) is -1.00. The van der Waals surface area contributed by atoms with Crippen molar-refractivity contribution in [2.45, 2.75) is 6.92 Å². The highest BCUT2D eigenvalue weighted by Gasteiger charge is 2.17. The quantitative estimate of drug-likeness (QED) is 0.933. The number of hydrogen-bond donors (Lipinski definition) is 1. The van der Waals surface area contributed by atoms with Gasteiger partial charge in [-0.05, 0) is 41.1 Å². The van der Waals surface area contributed by atoms with Crippen LogP contribution < -0.4 is 4.90 Å². The van der Waals surface area contributed by atoms with Crippen molar-refractivity contribution in [3.05, 3.63) is 28.2 Å². The molecule has 0 aliphatic heterocycles. The lowest BCUT2D eigenvalue weighted by molar-refractivity contribution is 0.0696. The highest BCUT2D eigenvalue weighted by molar-refractivity contribution is 9.10. The number of amides is 2. The molecule has 18 heavy (non-hydrogen) atoms. The summed E-state index contributed by atoms with van der Waals surface area (Å²) in [5.41, 5.74) is 0.834. The number of carbonyl (C=O) groups excluding carboxylic acids is 1. The molecule has 0 atom stereocenters. The zero-order valence-electron chi connectivity index (χ0n) is 10.5. The van der Waals surface area contributed by atoms with Crippen molar-refractivity contribution in [1.29, 1.82) is 0 Å². The molecule has 0 fully saturated rings. The number of benzene rings is 1. The Bertz CT molecular complexity index is 474. The lowest BCUT2D eigenvalue weighted by Crippen LogP contribution is -2.39. The summed E-state index contributed by atoms with van der Waals surface area (Å²) in [7, 11) is 3.34. The first kappa shape index (κ1) is 14.5. The first-order valence-electron chi connectivity index (χ1n) is 5.40. The standard InChI is InChI=1S/C12H15BrN2O3/c1-4-15(12(18)14(2)3)8-5-6-9(11(16)17)10(13)7-8/h5-7H,4H2,1-3H3,(H,16,17). The van der Waals surface area contributed by atoms with Crippen molar-refractivity contribution in [2.24, 2.45) is 0 Å². The van der Waals surface area contributed by atoms with E-state index in [1.807, 2.05) is 6.92 Å². The summed E-state index contributed by atoms with van der Waals surface area (Å²) in [6.45, 7) is 2.37. The van der Waals surface area contributed by atoms with Crippen molar-refractivity contribution in [1.82, 2.24) is 4.90 Å². The van der Waals surface area contributed by atoms with Gasteiger partial charge in [-0.3, -0.25) is 4.90 Å². The summed E-state index contributed by atoms with van der Waals surface area (Å²) < 4.78 is 0.456. The third kappa shape index (κ3) is 3.01. The molecule has 0 spiro atoms. The second kappa shape index (κ2) is 5.86. The van der Waals surface area contributed by atoms with E-state index in [4.69, 9.17) is 5.11 Å². The van der Waals surface area contributed by atoms with Gasteiger partial charge in [-0.25, -0.2) is 9.59 Å². The van der Waals surface area contributed by atoms with Crippen LogP contribution in [0.3, 0.4) is 0 Å². The van der Waals surface area contributed by atoms with E-state index in [2.05, 4.69) is 15.9 Å². The Morgan fingerprint density at radius 2 is 1.94 bits per heavy atom. The Morgan fingerprint density at radius 1 is 1.33 bits per heavy atom. The Balaban J connectivity index is 3.13. The van der Waals surface area contributed by atoms with Crippen LogP contribution in [-0.4, -0.2) is 42.6 Å². The second-order valence-corrected chi connectivity index (χ2v) is 4.74. The Hall–Kier alpha value is -1.56. The molecule has 0 aliphatic carbocycles. The van der Waals surface area contributed by atoms with Crippen LogP contribution in [0.4, 0.5) is 10.5 Å². The number of nitrogens with zero attached hydrogens (tertiary/aromatic N) is 2. The molecule has 2 amide bonds. The van der Waals surface area contributed by atoms with Crippen molar-refractivity contribution in [3.63, 3.8) is 0 Å². The molecule has 0 aliphatic rings. The van der Waals surface area contributed by atoms with Gasteiger partial charge in [-0.15, -0.1) is 0 Å².